The lowest BCUT2D eigenvalue weighted by molar-refractivity contribution is -0.141. The molecule has 1 N–H and O–H groups in total. The molecule has 4 nitrogen and oxygen atoms in total. The van der Waals surface area contributed by atoms with Crippen molar-refractivity contribution in [2.45, 2.75) is 26.4 Å². The lowest BCUT2D eigenvalue weighted by Gasteiger charge is -2.24. The third-order valence-corrected chi connectivity index (χ3v) is 2.65. The van der Waals surface area contributed by atoms with E-state index in [2.05, 4.69) is 15.3 Å². The van der Waals surface area contributed by atoms with E-state index >= 15 is 0 Å². The number of hydrogen-bond acceptors (Lipinski definition) is 4. The Kier molecular flexibility index (Phi) is 5.11. The number of ether oxygens (including phenoxy) is 1. The molecule has 0 spiro atoms. The molecule has 0 saturated heterocycles. The van der Waals surface area contributed by atoms with Crippen LogP contribution in [0, 0.1) is 5.41 Å². The zero-order valence-corrected chi connectivity index (χ0v) is 11.2. The highest BCUT2D eigenvalue weighted by molar-refractivity contribution is 5.26. The molecule has 1 rings (SSSR count). The van der Waals surface area contributed by atoms with E-state index in [4.69, 9.17) is 4.74 Å². The van der Waals surface area contributed by atoms with Gasteiger partial charge in [0.15, 0.2) is 0 Å². The molecule has 1 heterocycles. The standard InChI is InChI=1S/C12H18F3N3O/c1-11(2,5-7-19-3)8-17-10-16-6-4-9(18-10)12(13,14)15/h4,6H,5,7-8H2,1-3H3,(H,16,17,18). The van der Waals surface area contributed by atoms with E-state index in [1.54, 1.807) is 7.11 Å². The fraction of sp³-hybridized carbons (Fsp3) is 0.667. The van der Waals surface area contributed by atoms with Crippen LogP contribution >= 0.6 is 0 Å². The van der Waals surface area contributed by atoms with Crippen molar-refractivity contribution in [3.8, 4) is 0 Å². The first-order valence-electron chi connectivity index (χ1n) is 5.88. The fourth-order valence-corrected chi connectivity index (χ4v) is 1.39. The van der Waals surface area contributed by atoms with Gasteiger partial charge in [-0.05, 0) is 17.9 Å². The number of alkyl halides is 3. The van der Waals surface area contributed by atoms with Crippen LogP contribution in [-0.4, -0.2) is 30.2 Å². The highest BCUT2D eigenvalue weighted by atomic mass is 19.4. The number of nitrogens with zero attached hydrogens (tertiary/aromatic N) is 2. The van der Waals surface area contributed by atoms with Crippen LogP contribution in [0.4, 0.5) is 19.1 Å². The van der Waals surface area contributed by atoms with Crippen LogP contribution in [0.5, 0.6) is 0 Å². The van der Waals surface area contributed by atoms with Gasteiger partial charge in [0.1, 0.15) is 5.69 Å². The predicted molar refractivity (Wildman–Crippen MR) is 65.8 cm³/mol. The van der Waals surface area contributed by atoms with Gasteiger partial charge < -0.3 is 10.1 Å². The van der Waals surface area contributed by atoms with Crippen molar-refractivity contribution in [1.82, 2.24) is 9.97 Å². The fourth-order valence-electron chi connectivity index (χ4n) is 1.39. The van der Waals surface area contributed by atoms with Crippen molar-refractivity contribution in [1.29, 1.82) is 0 Å². The van der Waals surface area contributed by atoms with Crippen LogP contribution in [0.25, 0.3) is 0 Å². The van der Waals surface area contributed by atoms with Crippen LogP contribution in [0.15, 0.2) is 12.3 Å². The van der Waals surface area contributed by atoms with Crippen molar-refractivity contribution in [2.24, 2.45) is 5.41 Å². The van der Waals surface area contributed by atoms with E-state index in [1.807, 2.05) is 13.8 Å². The normalized spacial score (nSPS) is 12.5. The Morgan fingerprint density at radius 1 is 1.32 bits per heavy atom. The van der Waals surface area contributed by atoms with Crippen LogP contribution in [0.1, 0.15) is 26.0 Å². The van der Waals surface area contributed by atoms with E-state index in [1.165, 1.54) is 0 Å². The van der Waals surface area contributed by atoms with Gasteiger partial charge >= 0.3 is 6.18 Å². The second-order valence-corrected chi connectivity index (χ2v) is 5.02. The average Bonchev–Trinajstić information content (AvgIpc) is 2.34. The van der Waals surface area contributed by atoms with Crippen LogP contribution < -0.4 is 5.32 Å². The first-order valence-corrected chi connectivity index (χ1v) is 5.88. The smallest absolute Gasteiger partial charge is 0.385 e. The van der Waals surface area contributed by atoms with Gasteiger partial charge in [-0.3, -0.25) is 0 Å². The molecule has 1 aromatic rings. The quantitative estimate of drug-likeness (QED) is 0.868. The molecule has 0 amide bonds. The Labute approximate surface area is 110 Å². The van der Waals surface area contributed by atoms with Crippen molar-refractivity contribution < 1.29 is 17.9 Å². The van der Waals surface area contributed by atoms with Crippen molar-refractivity contribution in [3.05, 3.63) is 18.0 Å². The molecule has 108 valence electrons. The largest absolute Gasteiger partial charge is 0.433 e. The summed E-state index contributed by atoms with van der Waals surface area (Å²) in [6.07, 6.45) is -2.57. The maximum absolute atomic E-state index is 12.5. The zero-order chi connectivity index (χ0) is 14.5. The highest BCUT2D eigenvalue weighted by Gasteiger charge is 2.32. The maximum Gasteiger partial charge on any atom is 0.433 e. The lowest BCUT2D eigenvalue weighted by Crippen LogP contribution is -2.25. The molecular formula is C12H18F3N3O. The van der Waals surface area contributed by atoms with Crippen LogP contribution in [-0.2, 0) is 10.9 Å². The van der Waals surface area contributed by atoms with Crippen molar-refractivity contribution in [3.63, 3.8) is 0 Å². The Morgan fingerprint density at radius 2 is 2.00 bits per heavy atom. The van der Waals surface area contributed by atoms with Gasteiger partial charge in [-0.1, -0.05) is 13.8 Å². The first-order chi connectivity index (χ1) is 8.74. The summed E-state index contributed by atoms with van der Waals surface area (Å²) in [7, 11) is 1.61. The molecule has 0 saturated carbocycles. The minimum atomic E-state index is -4.45. The summed E-state index contributed by atoms with van der Waals surface area (Å²) in [4.78, 5) is 7.23. The minimum absolute atomic E-state index is 0.0136. The summed E-state index contributed by atoms with van der Waals surface area (Å²) >= 11 is 0. The molecule has 0 unspecified atom stereocenters. The summed E-state index contributed by atoms with van der Waals surface area (Å²) in [6.45, 7) is 5.05. The van der Waals surface area contributed by atoms with E-state index in [0.717, 1.165) is 18.7 Å². The topological polar surface area (TPSA) is 47.0 Å². The van der Waals surface area contributed by atoms with E-state index in [-0.39, 0.29) is 11.4 Å². The number of rotatable bonds is 6. The number of hydrogen-bond donors (Lipinski definition) is 1. The maximum atomic E-state index is 12.5. The molecule has 0 atom stereocenters. The number of aromatic nitrogens is 2. The van der Waals surface area contributed by atoms with Gasteiger partial charge in [0.2, 0.25) is 5.95 Å². The van der Waals surface area contributed by atoms with E-state index in [0.29, 0.717) is 13.2 Å². The first kappa shape index (κ1) is 15.7. The molecule has 7 heteroatoms. The molecule has 0 radical (unpaired) electrons. The van der Waals surface area contributed by atoms with Crippen molar-refractivity contribution in [2.75, 3.05) is 25.6 Å². The van der Waals surface area contributed by atoms with E-state index < -0.39 is 11.9 Å². The molecule has 1 aromatic heterocycles. The Bertz CT molecular complexity index is 407. The zero-order valence-electron chi connectivity index (χ0n) is 11.2. The second kappa shape index (κ2) is 6.18. The third kappa shape index (κ3) is 5.42. The third-order valence-electron chi connectivity index (χ3n) is 2.65. The van der Waals surface area contributed by atoms with Crippen molar-refractivity contribution >= 4 is 5.95 Å². The summed E-state index contributed by atoms with van der Waals surface area (Å²) in [5.41, 5.74) is -1.06. The molecule has 0 aliphatic heterocycles. The number of methoxy groups -OCH3 is 1. The molecule has 0 fully saturated rings. The number of nitrogens with one attached hydrogen (secondary N) is 1. The molecule has 0 aromatic carbocycles. The van der Waals surface area contributed by atoms with Gasteiger partial charge in [0.25, 0.3) is 0 Å². The predicted octanol–water partition coefficient (Wildman–Crippen LogP) is 2.97. The molecule has 0 aliphatic carbocycles. The summed E-state index contributed by atoms with van der Waals surface area (Å²) in [5, 5.41) is 2.83. The summed E-state index contributed by atoms with van der Waals surface area (Å²) in [5.74, 6) is -0.0136. The molecule has 0 aliphatic rings. The second-order valence-electron chi connectivity index (χ2n) is 5.02. The number of anilines is 1. The highest BCUT2D eigenvalue weighted by Crippen LogP contribution is 2.28. The average molecular weight is 277 g/mol. The molecule has 19 heavy (non-hydrogen) atoms. The monoisotopic (exact) mass is 277 g/mol. The van der Waals surface area contributed by atoms with Crippen LogP contribution in [0.2, 0.25) is 0 Å². The summed E-state index contributed by atoms with van der Waals surface area (Å²) < 4.78 is 42.4. The number of halogens is 3. The minimum Gasteiger partial charge on any atom is -0.385 e. The Hall–Kier alpha value is -1.37. The lowest BCUT2D eigenvalue weighted by atomic mass is 9.90. The van der Waals surface area contributed by atoms with Gasteiger partial charge in [-0.15, -0.1) is 0 Å². The van der Waals surface area contributed by atoms with E-state index in [9.17, 15) is 13.2 Å². The Balaban J connectivity index is 2.63. The van der Waals surface area contributed by atoms with Gasteiger partial charge in [-0.2, -0.15) is 13.2 Å². The Morgan fingerprint density at radius 3 is 2.58 bits per heavy atom. The molecule has 0 bridgehead atoms. The van der Waals surface area contributed by atoms with Gasteiger partial charge in [0.05, 0.1) is 0 Å². The van der Waals surface area contributed by atoms with Gasteiger partial charge in [-0.25, -0.2) is 9.97 Å². The SMILES string of the molecule is COCCC(C)(C)CNc1nccc(C(F)(F)F)n1. The van der Waals surface area contributed by atoms with Gasteiger partial charge in [0, 0.05) is 26.5 Å². The van der Waals surface area contributed by atoms with Crippen LogP contribution in [0.3, 0.4) is 0 Å². The summed E-state index contributed by atoms with van der Waals surface area (Å²) in [6, 6.07) is 0.848. The molecular weight excluding hydrogens is 259 g/mol.